The van der Waals surface area contributed by atoms with Gasteiger partial charge in [-0.3, -0.25) is 10.1 Å². The first kappa shape index (κ1) is 18.6. The second kappa shape index (κ2) is 7.61. The minimum atomic E-state index is -0.856. The smallest absolute Gasteiger partial charge is 0.361 e. The van der Waals surface area contributed by atoms with Crippen LogP contribution in [0.15, 0.2) is 30.5 Å². The zero-order valence-corrected chi connectivity index (χ0v) is 14.7. The van der Waals surface area contributed by atoms with E-state index >= 15 is 0 Å². The van der Waals surface area contributed by atoms with Crippen molar-refractivity contribution in [2.75, 3.05) is 14.2 Å². The molecule has 3 rings (SSSR count). The molecule has 0 aliphatic heterocycles. The molecule has 0 unspecified atom stereocenters. The fraction of sp³-hybridized carbons (Fsp3) is 0.200. The molecule has 1 aromatic carbocycles. The third kappa shape index (κ3) is 3.53. The Hall–Kier alpha value is -4.16. The van der Waals surface area contributed by atoms with Crippen LogP contribution >= 0.6 is 0 Å². The first-order chi connectivity index (χ1) is 13.4. The molecule has 28 heavy (non-hydrogen) atoms. The predicted molar refractivity (Wildman–Crippen MR) is 90.2 cm³/mol. The lowest BCUT2D eigenvalue weighted by Gasteiger charge is -1.99. The van der Waals surface area contributed by atoms with E-state index in [1.54, 1.807) is 18.2 Å². The molecule has 2 aromatic heterocycles. The van der Waals surface area contributed by atoms with Crippen LogP contribution in [0.2, 0.25) is 0 Å². The number of nitro groups is 1. The van der Waals surface area contributed by atoms with E-state index in [1.807, 2.05) is 0 Å². The number of carbonyl (C=O) groups is 2. The minimum Gasteiger partial charge on any atom is -0.464 e. The molecule has 144 valence electrons. The van der Waals surface area contributed by atoms with Gasteiger partial charge in [0.25, 0.3) is 5.69 Å². The monoisotopic (exact) mass is 387 g/mol. The number of carbonyl (C=O) groups excluding carboxylic acids is 2. The number of rotatable bonds is 6. The fourth-order valence-corrected chi connectivity index (χ4v) is 2.35. The van der Waals surface area contributed by atoms with E-state index < -0.39 is 16.9 Å². The van der Waals surface area contributed by atoms with Crippen molar-refractivity contribution in [1.29, 1.82) is 0 Å². The highest BCUT2D eigenvalue weighted by molar-refractivity contribution is 6.00. The zero-order chi connectivity index (χ0) is 20.3. The number of nitro benzene ring substituents is 1. The lowest BCUT2D eigenvalue weighted by atomic mass is 10.1. The fourth-order valence-electron chi connectivity index (χ4n) is 2.35. The Balaban J connectivity index is 1.90. The summed E-state index contributed by atoms with van der Waals surface area (Å²) in [6, 6.07) is 6.09. The maximum atomic E-state index is 11.8. The van der Waals surface area contributed by atoms with Gasteiger partial charge in [0.2, 0.25) is 11.4 Å². The molecule has 0 radical (unpaired) electrons. The predicted octanol–water partition coefficient (Wildman–Crippen LogP) is 0.524. The largest absolute Gasteiger partial charge is 0.464 e. The van der Waals surface area contributed by atoms with E-state index in [9.17, 15) is 19.7 Å². The van der Waals surface area contributed by atoms with Gasteiger partial charge in [-0.05, 0) is 6.07 Å². The van der Waals surface area contributed by atoms with Crippen molar-refractivity contribution >= 4 is 17.6 Å². The number of para-hydroxylation sites is 1. The molecule has 0 amide bonds. The van der Waals surface area contributed by atoms with Crippen molar-refractivity contribution in [2.24, 2.45) is 0 Å². The maximum absolute atomic E-state index is 11.8. The number of hydrogen-bond donors (Lipinski definition) is 0. The van der Waals surface area contributed by atoms with Crippen molar-refractivity contribution in [1.82, 2.24) is 30.0 Å². The molecule has 0 saturated heterocycles. The molecular weight excluding hydrogens is 374 g/mol. The quantitative estimate of drug-likeness (QED) is 0.332. The average molecular weight is 387 g/mol. The molecule has 13 nitrogen and oxygen atoms in total. The molecule has 0 saturated carbocycles. The SMILES string of the molecule is COC(=O)c1nn(Cn2cc(-c3ccccc3[N+](=O)[O-])nn2)nc1C(=O)OC. The molecule has 0 N–H and O–H groups in total. The summed E-state index contributed by atoms with van der Waals surface area (Å²) >= 11 is 0. The Labute approximate surface area is 156 Å². The summed E-state index contributed by atoms with van der Waals surface area (Å²) in [7, 11) is 2.28. The summed E-state index contributed by atoms with van der Waals surface area (Å²) in [6.07, 6.45) is 1.45. The van der Waals surface area contributed by atoms with Crippen LogP contribution < -0.4 is 0 Å². The van der Waals surface area contributed by atoms with Gasteiger partial charge in [-0.15, -0.1) is 15.3 Å². The van der Waals surface area contributed by atoms with Crippen LogP contribution in [0, 0.1) is 10.1 Å². The number of esters is 2. The zero-order valence-electron chi connectivity index (χ0n) is 14.7. The molecule has 0 aliphatic carbocycles. The molecule has 0 spiro atoms. The summed E-state index contributed by atoms with van der Waals surface area (Å²) in [6.45, 7) is -0.116. The Morgan fingerprint density at radius 2 is 1.71 bits per heavy atom. The number of nitrogens with zero attached hydrogens (tertiary/aromatic N) is 7. The third-order valence-corrected chi connectivity index (χ3v) is 3.60. The number of benzene rings is 1. The van der Waals surface area contributed by atoms with Crippen molar-refractivity contribution in [3.05, 3.63) is 52.0 Å². The van der Waals surface area contributed by atoms with Crippen LogP contribution in [-0.4, -0.2) is 61.1 Å². The number of aromatic nitrogens is 6. The summed E-state index contributed by atoms with van der Waals surface area (Å²) in [5.74, 6) is -1.71. The Bertz CT molecular complexity index is 1020. The molecule has 0 atom stereocenters. The first-order valence-electron chi connectivity index (χ1n) is 7.70. The summed E-state index contributed by atoms with van der Waals surface area (Å²) < 4.78 is 10.4. The van der Waals surface area contributed by atoms with Gasteiger partial charge in [-0.1, -0.05) is 17.3 Å². The van der Waals surface area contributed by atoms with Gasteiger partial charge in [0.1, 0.15) is 5.69 Å². The van der Waals surface area contributed by atoms with Crippen LogP contribution in [0.3, 0.4) is 0 Å². The minimum absolute atomic E-state index is 0.116. The van der Waals surface area contributed by atoms with Crippen LogP contribution in [0.1, 0.15) is 21.0 Å². The molecule has 0 fully saturated rings. The highest BCUT2D eigenvalue weighted by Crippen LogP contribution is 2.27. The second-order valence-corrected chi connectivity index (χ2v) is 5.31. The normalized spacial score (nSPS) is 10.5. The second-order valence-electron chi connectivity index (χ2n) is 5.31. The molecule has 3 aromatic rings. The van der Waals surface area contributed by atoms with Crippen LogP contribution in [0.25, 0.3) is 11.3 Å². The van der Waals surface area contributed by atoms with E-state index in [-0.39, 0.29) is 35.0 Å². The Kier molecular flexibility index (Phi) is 5.06. The van der Waals surface area contributed by atoms with Gasteiger partial charge < -0.3 is 9.47 Å². The van der Waals surface area contributed by atoms with Gasteiger partial charge in [0.05, 0.1) is 30.9 Å². The Morgan fingerprint density at radius 1 is 1.11 bits per heavy atom. The lowest BCUT2D eigenvalue weighted by molar-refractivity contribution is -0.384. The summed E-state index contributed by atoms with van der Waals surface area (Å²) in [5.41, 5.74) is -0.187. The molecule has 0 bridgehead atoms. The van der Waals surface area contributed by atoms with Crippen molar-refractivity contribution < 1.29 is 24.0 Å². The average Bonchev–Trinajstić information content (AvgIpc) is 3.34. The number of ether oxygens (including phenoxy) is 2. The van der Waals surface area contributed by atoms with E-state index in [1.165, 1.54) is 16.9 Å². The van der Waals surface area contributed by atoms with E-state index in [0.717, 1.165) is 19.0 Å². The van der Waals surface area contributed by atoms with Crippen molar-refractivity contribution in [3.63, 3.8) is 0 Å². The summed E-state index contributed by atoms with van der Waals surface area (Å²) in [4.78, 5) is 35.2. The van der Waals surface area contributed by atoms with E-state index in [4.69, 9.17) is 0 Å². The highest BCUT2D eigenvalue weighted by Gasteiger charge is 2.26. The van der Waals surface area contributed by atoms with Gasteiger partial charge in [-0.2, -0.15) is 4.80 Å². The van der Waals surface area contributed by atoms with E-state index in [2.05, 4.69) is 30.0 Å². The van der Waals surface area contributed by atoms with E-state index in [0.29, 0.717) is 0 Å². The maximum Gasteiger partial charge on any atom is 0.361 e. The van der Waals surface area contributed by atoms with Crippen molar-refractivity contribution in [3.8, 4) is 11.3 Å². The molecular formula is C15H13N7O6. The topological polar surface area (TPSA) is 157 Å². The highest BCUT2D eigenvalue weighted by atomic mass is 16.6. The first-order valence-corrected chi connectivity index (χ1v) is 7.70. The van der Waals surface area contributed by atoms with Gasteiger partial charge >= 0.3 is 11.9 Å². The molecule has 0 aliphatic rings. The van der Waals surface area contributed by atoms with Gasteiger partial charge in [-0.25, -0.2) is 14.3 Å². The number of hydrogen-bond acceptors (Lipinski definition) is 10. The number of methoxy groups -OCH3 is 2. The van der Waals surface area contributed by atoms with Gasteiger partial charge in [0, 0.05) is 6.07 Å². The van der Waals surface area contributed by atoms with Crippen LogP contribution in [-0.2, 0) is 16.1 Å². The lowest BCUT2D eigenvalue weighted by Crippen LogP contribution is -2.12. The van der Waals surface area contributed by atoms with Gasteiger partial charge in [0.15, 0.2) is 6.67 Å². The third-order valence-electron chi connectivity index (χ3n) is 3.60. The Morgan fingerprint density at radius 3 is 2.29 bits per heavy atom. The summed E-state index contributed by atoms with van der Waals surface area (Å²) in [5, 5.41) is 26.8. The van der Waals surface area contributed by atoms with Crippen LogP contribution in [0.4, 0.5) is 5.69 Å². The molecule has 13 heteroatoms. The van der Waals surface area contributed by atoms with Crippen LogP contribution in [0.5, 0.6) is 0 Å². The standard InChI is InChI=1S/C15H13N7O6/c1-27-14(23)12-13(15(24)28-2)18-21(17-12)8-20-7-10(16-19-20)9-5-3-4-6-11(9)22(25)26/h3-7H,8H2,1-2H3. The van der Waals surface area contributed by atoms with Crippen molar-refractivity contribution in [2.45, 2.75) is 6.67 Å². The molecule has 2 heterocycles.